The van der Waals surface area contributed by atoms with Crippen LogP contribution in [0.2, 0.25) is 0 Å². The van der Waals surface area contributed by atoms with Crippen LogP contribution in [0.1, 0.15) is 5.56 Å². The van der Waals surface area contributed by atoms with Gasteiger partial charge in [-0.2, -0.15) is 0 Å². The summed E-state index contributed by atoms with van der Waals surface area (Å²) in [4.78, 5) is 0. The van der Waals surface area contributed by atoms with Crippen LogP contribution in [0.4, 0.5) is 0 Å². The average molecular weight is 289 g/mol. The van der Waals surface area contributed by atoms with E-state index in [0.717, 1.165) is 28.0 Å². The smallest absolute Gasteiger partial charge is 0.167 e. The number of nitrogens with zero attached hydrogens (tertiary/aromatic N) is 3. The molecule has 0 amide bonds. The van der Waals surface area contributed by atoms with Gasteiger partial charge in [0.15, 0.2) is 5.82 Å². The third-order valence-corrected chi connectivity index (χ3v) is 3.75. The molecular formula is C18H15N3O. The van der Waals surface area contributed by atoms with Crippen LogP contribution in [-0.2, 0) is 6.61 Å². The minimum absolute atomic E-state index is 0.0321. The molecule has 0 bridgehead atoms. The van der Waals surface area contributed by atoms with Crippen molar-refractivity contribution in [1.82, 2.24) is 14.3 Å². The third kappa shape index (κ3) is 2.01. The van der Waals surface area contributed by atoms with E-state index in [-0.39, 0.29) is 6.61 Å². The standard InChI is InChI=1S/C18H15N3O/c22-13-14-10-11-20(12-14)18-16-8-4-5-9-17(16)21(19-18)15-6-2-1-3-7-15/h1-12,22H,13H2. The molecule has 0 spiro atoms. The minimum atomic E-state index is 0.0321. The van der Waals surface area contributed by atoms with Crippen LogP contribution < -0.4 is 0 Å². The van der Waals surface area contributed by atoms with Gasteiger partial charge in [-0.25, -0.2) is 4.68 Å². The van der Waals surface area contributed by atoms with Gasteiger partial charge in [-0.15, -0.1) is 5.10 Å². The molecule has 2 aromatic heterocycles. The van der Waals surface area contributed by atoms with Crippen molar-refractivity contribution in [3.05, 3.63) is 78.6 Å². The molecule has 4 rings (SSSR count). The first-order chi connectivity index (χ1) is 10.9. The molecule has 0 saturated heterocycles. The molecule has 108 valence electrons. The van der Waals surface area contributed by atoms with E-state index in [9.17, 15) is 5.11 Å². The molecule has 2 aromatic carbocycles. The number of aromatic nitrogens is 3. The van der Waals surface area contributed by atoms with Crippen molar-refractivity contribution in [2.24, 2.45) is 0 Å². The Morgan fingerprint density at radius 1 is 0.909 bits per heavy atom. The van der Waals surface area contributed by atoms with E-state index in [4.69, 9.17) is 5.10 Å². The van der Waals surface area contributed by atoms with Crippen molar-refractivity contribution in [3.63, 3.8) is 0 Å². The van der Waals surface area contributed by atoms with Gasteiger partial charge in [-0.1, -0.05) is 30.3 Å². The van der Waals surface area contributed by atoms with Crippen LogP contribution >= 0.6 is 0 Å². The van der Waals surface area contributed by atoms with Gasteiger partial charge >= 0.3 is 0 Å². The Balaban J connectivity index is 1.97. The molecule has 0 atom stereocenters. The van der Waals surface area contributed by atoms with Crippen LogP contribution in [0.3, 0.4) is 0 Å². The number of benzene rings is 2. The van der Waals surface area contributed by atoms with Gasteiger partial charge in [0.2, 0.25) is 0 Å². The zero-order chi connectivity index (χ0) is 14.9. The Labute approximate surface area is 127 Å². The summed E-state index contributed by atoms with van der Waals surface area (Å²) in [6.45, 7) is 0.0321. The number of aliphatic hydroxyl groups excluding tert-OH is 1. The van der Waals surface area contributed by atoms with E-state index in [0.29, 0.717) is 0 Å². The quantitative estimate of drug-likeness (QED) is 0.629. The summed E-state index contributed by atoms with van der Waals surface area (Å²) < 4.78 is 3.90. The minimum Gasteiger partial charge on any atom is -0.392 e. The first-order valence-electron chi connectivity index (χ1n) is 7.18. The summed E-state index contributed by atoms with van der Waals surface area (Å²) in [5, 5.41) is 15.1. The van der Waals surface area contributed by atoms with Gasteiger partial charge in [0.05, 0.1) is 17.8 Å². The fourth-order valence-electron chi connectivity index (χ4n) is 2.67. The van der Waals surface area contributed by atoms with Crippen LogP contribution in [0.5, 0.6) is 0 Å². The molecule has 0 aliphatic rings. The van der Waals surface area contributed by atoms with Crippen LogP contribution in [0, 0.1) is 0 Å². The molecule has 0 aliphatic heterocycles. The van der Waals surface area contributed by atoms with Crippen molar-refractivity contribution in [2.75, 3.05) is 0 Å². The van der Waals surface area contributed by atoms with Gasteiger partial charge in [-0.3, -0.25) is 0 Å². The summed E-state index contributed by atoms with van der Waals surface area (Å²) in [6.07, 6.45) is 3.83. The molecule has 0 aliphatic carbocycles. The van der Waals surface area contributed by atoms with Gasteiger partial charge in [0.25, 0.3) is 0 Å². The molecule has 2 heterocycles. The number of aliphatic hydroxyl groups is 1. The van der Waals surface area contributed by atoms with Crippen molar-refractivity contribution in [2.45, 2.75) is 6.61 Å². The second-order valence-corrected chi connectivity index (χ2v) is 5.17. The van der Waals surface area contributed by atoms with Crippen molar-refractivity contribution in [1.29, 1.82) is 0 Å². The van der Waals surface area contributed by atoms with Crippen LogP contribution in [0.15, 0.2) is 73.1 Å². The monoisotopic (exact) mass is 289 g/mol. The van der Waals surface area contributed by atoms with Crippen LogP contribution in [-0.4, -0.2) is 19.5 Å². The molecule has 0 unspecified atom stereocenters. The van der Waals surface area contributed by atoms with E-state index in [1.165, 1.54) is 0 Å². The molecule has 0 radical (unpaired) electrons. The maximum absolute atomic E-state index is 9.26. The maximum Gasteiger partial charge on any atom is 0.167 e. The summed E-state index contributed by atoms with van der Waals surface area (Å²) in [6, 6.07) is 20.1. The lowest BCUT2D eigenvalue weighted by molar-refractivity contribution is 0.282. The highest BCUT2D eigenvalue weighted by Gasteiger charge is 2.12. The van der Waals surface area contributed by atoms with Crippen LogP contribution in [0.25, 0.3) is 22.4 Å². The van der Waals surface area contributed by atoms with Crippen molar-refractivity contribution < 1.29 is 5.11 Å². The Hall–Kier alpha value is -2.85. The second-order valence-electron chi connectivity index (χ2n) is 5.17. The number of hydrogen-bond acceptors (Lipinski definition) is 2. The fourth-order valence-corrected chi connectivity index (χ4v) is 2.67. The maximum atomic E-state index is 9.26. The summed E-state index contributed by atoms with van der Waals surface area (Å²) in [5.41, 5.74) is 2.96. The SMILES string of the molecule is OCc1ccn(-c2nn(-c3ccccc3)c3ccccc23)c1. The predicted molar refractivity (Wildman–Crippen MR) is 86.3 cm³/mol. The van der Waals surface area contributed by atoms with E-state index < -0.39 is 0 Å². The highest BCUT2D eigenvalue weighted by Crippen LogP contribution is 2.25. The Morgan fingerprint density at radius 2 is 1.68 bits per heavy atom. The molecule has 1 N–H and O–H groups in total. The normalized spacial score (nSPS) is 11.1. The van der Waals surface area contributed by atoms with Crippen molar-refractivity contribution >= 4 is 10.9 Å². The first kappa shape index (κ1) is 12.9. The molecule has 0 saturated carbocycles. The van der Waals surface area contributed by atoms with E-state index in [2.05, 4.69) is 12.1 Å². The average Bonchev–Trinajstić information content (AvgIpc) is 3.20. The predicted octanol–water partition coefficient (Wildman–Crippen LogP) is 3.31. The second kappa shape index (κ2) is 5.16. The van der Waals surface area contributed by atoms with E-state index >= 15 is 0 Å². The van der Waals surface area contributed by atoms with E-state index in [1.54, 1.807) is 0 Å². The lowest BCUT2D eigenvalue weighted by Crippen LogP contribution is -1.98. The van der Waals surface area contributed by atoms with E-state index in [1.807, 2.05) is 70.2 Å². The van der Waals surface area contributed by atoms with Crippen molar-refractivity contribution in [3.8, 4) is 11.5 Å². The third-order valence-electron chi connectivity index (χ3n) is 3.75. The zero-order valence-corrected chi connectivity index (χ0v) is 11.9. The molecule has 4 nitrogen and oxygen atoms in total. The Morgan fingerprint density at radius 3 is 2.45 bits per heavy atom. The summed E-state index contributed by atoms with van der Waals surface area (Å²) in [7, 11) is 0. The lowest BCUT2D eigenvalue weighted by atomic mass is 10.2. The number of fused-ring (bicyclic) bond motifs is 1. The van der Waals surface area contributed by atoms with Gasteiger partial charge in [0.1, 0.15) is 0 Å². The summed E-state index contributed by atoms with van der Waals surface area (Å²) in [5.74, 6) is 0.860. The largest absolute Gasteiger partial charge is 0.392 e. The molecule has 22 heavy (non-hydrogen) atoms. The lowest BCUT2D eigenvalue weighted by Gasteiger charge is -2.02. The number of hydrogen-bond donors (Lipinski definition) is 1. The molecule has 4 aromatic rings. The number of para-hydroxylation sites is 2. The highest BCUT2D eigenvalue weighted by molar-refractivity contribution is 5.87. The first-order valence-corrected chi connectivity index (χ1v) is 7.18. The van der Waals surface area contributed by atoms with Gasteiger partial charge < -0.3 is 9.67 Å². The molecule has 0 fully saturated rings. The highest BCUT2D eigenvalue weighted by atomic mass is 16.3. The van der Waals surface area contributed by atoms with Gasteiger partial charge in [-0.05, 0) is 35.9 Å². The molecular weight excluding hydrogens is 274 g/mol. The summed E-state index contributed by atoms with van der Waals surface area (Å²) >= 11 is 0. The topological polar surface area (TPSA) is 43.0 Å². The Bertz CT molecular complexity index is 922. The zero-order valence-electron chi connectivity index (χ0n) is 11.9. The van der Waals surface area contributed by atoms with Gasteiger partial charge in [0, 0.05) is 17.8 Å². The Kier molecular flexibility index (Phi) is 3.02. The fraction of sp³-hybridized carbons (Fsp3) is 0.0556. The number of rotatable bonds is 3. The molecule has 4 heteroatoms.